The number of aromatic amines is 1. The average Bonchev–Trinajstić information content (AvgIpc) is 3.28. The Bertz CT molecular complexity index is 970. The maximum Gasteiger partial charge on any atom is 0.192 e. The molecule has 8 heteroatoms. The Kier molecular flexibility index (Phi) is 5.15. The summed E-state index contributed by atoms with van der Waals surface area (Å²) in [6.07, 6.45) is 0. The van der Waals surface area contributed by atoms with Crippen LogP contribution in [0.25, 0.3) is 10.7 Å². The predicted octanol–water partition coefficient (Wildman–Crippen LogP) is 4.05. The van der Waals surface area contributed by atoms with Gasteiger partial charge in [0, 0.05) is 18.3 Å². The van der Waals surface area contributed by atoms with Gasteiger partial charge in [-0.05, 0) is 44.7 Å². The monoisotopic (exact) mass is 388 g/mol. The Morgan fingerprint density at radius 3 is 2.62 bits per heavy atom. The molecular weight excluding hydrogens is 368 g/mol. The molecule has 0 radical (unpaired) electrons. The van der Waals surface area contributed by atoms with Crippen LogP contribution in [-0.2, 0) is 7.05 Å². The van der Waals surface area contributed by atoms with Gasteiger partial charge in [0.05, 0.1) is 15.8 Å². The minimum absolute atomic E-state index is 0.0375. The Morgan fingerprint density at radius 1 is 1.31 bits per heavy atom. The second-order valence-corrected chi connectivity index (χ2v) is 8.40. The van der Waals surface area contributed by atoms with Gasteiger partial charge in [-0.3, -0.25) is 9.59 Å². The molecule has 3 aromatic rings. The fraction of sp³-hybridized carbons (Fsp3) is 0.333. The van der Waals surface area contributed by atoms with Crippen molar-refractivity contribution < 1.29 is 9.59 Å². The highest BCUT2D eigenvalue weighted by molar-refractivity contribution is 8.00. The molecule has 0 bridgehead atoms. The van der Waals surface area contributed by atoms with E-state index in [1.54, 1.807) is 11.3 Å². The standard InChI is InChI=1S/C18H20N4O2S2/c1-9-14(11(3)23)10(2)19-15(9)16(24)12(4)26-18-21-20-17(22(18)5)13-7-6-8-25-13/h6-8,12,19H,1-5H3. The summed E-state index contributed by atoms with van der Waals surface area (Å²) in [5, 5.41) is 10.8. The second kappa shape index (κ2) is 7.20. The summed E-state index contributed by atoms with van der Waals surface area (Å²) in [5.41, 5.74) is 2.54. The molecule has 1 unspecified atom stereocenters. The van der Waals surface area contributed by atoms with Crippen LogP contribution in [0.5, 0.6) is 0 Å². The molecule has 3 rings (SSSR count). The van der Waals surface area contributed by atoms with Crippen molar-refractivity contribution in [2.24, 2.45) is 7.05 Å². The molecule has 0 aromatic carbocycles. The van der Waals surface area contributed by atoms with Gasteiger partial charge in [-0.2, -0.15) is 0 Å². The van der Waals surface area contributed by atoms with E-state index < -0.39 is 0 Å². The number of carbonyl (C=O) groups excluding carboxylic acids is 2. The molecule has 0 saturated carbocycles. The molecule has 0 aliphatic carbocycles. The van der Waals surface area contributed by atoms with Crippen LogP contribution in [0, 0.1) is 13.8 Å². The fourth-order valence-electron chi connectivity index (χ4n) is 2.98. The van der Waals surface area contributed by atoms with Crippen LogP contribution < -0.4 is 0 Å². The quantitative estimate of drug-likeness (QED) is 0.509. The summed E-state index contributed by atoms with van der Waals surface area (Å²) in [4.78, 5) is 28.8. The fourth-order valence-corrected chi connectivity index (χ4v) is 4.59. The summed E-state index contributed by atoms with van der Waals surface area (Å²) in [6.45, 7) is 6.98. The van der Waals surface area contributed by atoms with E-state index in [0.29, 0.717) is 22.0 Å². The third kappa shape index (κ3) is 3.26. The lowest BCUT2D eigenvalue weighted by molar-refractivity contribution is 0.0988. The van der Waals surface area contributed by atoms with Gasteiger partial charge >= 0.3 is 0 Å². The minimum atomic E-state index is -0.356. The maximum atomic E-state index is 12.9. The first-order valence-corrected chi connectivity index (χ1v) is 9.91. The number of thiophene rings is 1. The van der Waals surface area contributed by atoms with E-state index in [1.807, 2.05) is 49.9 Å². The van der Waals surface area contributed by atoms with Crippen LogP contribution >= 0.6 is 23.1 Å². The zero-order valence-electron chi connectivity index (χ0n) is 15.3. The smallest absolute Gasteiger partial charge is 0.192 e. The van der Waals surface area contributed by atoms with Crippen LogP contribution in [0.1, 0.15) is 46.0 Å². The van der Waals surface area contributed by atoms with Crippen molar-refractivity contribution in [3.63, 3.8) is 0 Å². The summed E-state index contributed by atoms with van der Waals surface area (Å²) >= 11 is 2.96. The highest BCUT2D eigenvalue weighted by Gasteiger charge is 2.26. The Morgan fingerprint density at radius 2 is 2.04 bits per heavy atom. The molecule has 0 aliphatic rings. The number of carbonyl (C=O) groups is 2. The molecule has 3 aromatic heterocycles. The third-order valence-electron chi connectivity index (χ3n) is 4.26. The zero-order valence-corrected chi connectivity index (χ0v) is 16.9. The second-order valence-electron chi connectivity index (χ2n) is 6.15. The minimum Gasteiger partial charge on any atom is -0.355 e. The number of nitrogens with one attached hydrogen (secondary N) is 1. The molecule has 3 heterocycles. The van der Waals surface area contributed by atoms with Crippen molar-refractivity contribution in [2.45, 2.75) is 38.1 Å². The summed E-state index contributed by atoms with van der Waals surface area (Å²) < 4.78 is 1.90. The molecular formula is C18H20N4O2S2. The normalized spacial score (nSPS) is 12.3. The summed E-state index contributed by atoms with van der Waals surface area (Å²) in [5.74, 6) is 0.696. The van der Waals surface area contributed by atoms with Gasteiger partial charge in [0.15, 0.2) is 22.5 Å². The number of hydrogen-bond acceptors (Lipinski definition) is 6. The molecule has 26 heavy (non-hydrogen) atoms. The van der Waals surface area contributed by atoms with Gasteiger partial charge in [0.2, 0.25) is 0 Å². The van der Waals surface area contributed by atoms with E-state index in [2.05, 4.69) is 15.2 Å². The molecule has 1 N–H and O–H groups in total. The topological polar surface area (TPSA) is 80.6 Å². The number of H-pyrrole nitrogens is 1. The van der Waals surface area contributed by atoms with Crippen molar-refractivity contribution in [1.82, 2.24) is 19.7 Å². The highest BCUT2D eigenvalue weighted by Crippen LogP contribution is 2.30. The third-order valence-corrected chi connectivity index (χ3v) is 6.26. The first-order valence-electron chi connectivity index (χ1n) is 8.15. The Balaban J connectivity index is 1.83. The molecule has 6 nitrogen and oxygen atoms in total. The van der Waals surface area contributed by atoms with Gasteiger partial charge in [0.1, 0.15) is 0 Å². The number of thioether (sulfide) groups is 1. The van der Waals surface area contributed by atoms with Crippen molar-refractivity contribution in [1.29, 1.82) is 0 Å². The Hall–Kier alpha value is -2.19. The first kappa shape index (κ1) is 18.6. The van der Waals surface area contributed by atoms with Crippen molar-refractivity contribution in [3.05, 3.63) is 40.0 Å². The van der Waals surface area contributed by atoms with E-state index in [9.17, 15) is 9.59 Å². The van der Waals surface area contributed by atoms with Crippen LogP contribution in [0.4, 0.5) is 0 Å². The van der Waals surface area contributed by atoms with E-state index in [1.165, 1.54) is 18.7 Å². The molecule has 0 fully saturated rings. The number of hydrogen-bond donors (Lipinski definition) is 1. The summed E-state index contributed by atoms with van der Waals surface area (Å²) in [7, 11) is 1.90. The highest BCUT2D eigenvalue weighted by atomic mass is 32.2. The zero-order chi connectivity index (χ0) is 19.0. The van der Waals surface area contributed by atoms with Gasteiger partial charge in [0.25, 0.3) is 0 Å². The molecule has 0 spiro atoms. The van der Waals surface area contributed by atoms with E-state index in [0.717, 1.165) is 16.4 Å². The lowest BCUT2D eigenvalue weighted by Gasteiger charge is -2.10. The lowest BCUT2D eigenvalue weighted by atomic mass is 10.0. The summed E-state index contributed by atoms with van der Waals surface area (Å²) in [6, 6.07) is 3.96. The van der Waals surface area contributed by atoms with Crippen molar-refractivity contribution in [2.75, 3.05) is 0 Å². The van der Waals surface area contributed by atoms with Crippen LogP contribution in [0.15, 0.2) is 22.7 Å². The average molecular weight is 389 g/mol. The van der Waals surface area contributed by atoms with Crippen LogP contribution in [-0.4, -0.2) is 36.6 Å². The molecule has 0 amide bonds. The predicted molar refractivity (Wildman–Crippen MR) is 104 cm³/mol. The molecule has 136 valence electrons. The van der Waals surface area contributed by atoms with Gasteiger partial charge < -0.3 is 9.55 Å². The Labute approximate surface area is 160 Å². The number of nitrogens with zero attached hydrogens (tertiary/aromatic N) is 3. The van der Waals surface area contributed by atoms with E-state index in [-0.39, 0.29) is 16.8 Å². The SMILES string of the molecule is CC(=O)c1c(C)[nH]c(C(=O)C(C)Sc2nnc(-c3cccs3)n2C)c1C. The van der Waals surface area contributed by atoms with Gasteiger partial charge in [-0.25, -0.2) is 0 Å². The maximum absolute atomic E-state index is 12.9. The molecule has 0 saturated heterocycles. The van der Waals surface area contributed by atoms with Gasteiger partial charge in [-0.15, -0.1) is 21.5 Å². The van der Waals surface area contributed by atoms with Crippen LogP contribution in [0.2, 0.25) is 0 Å². The van der Waals surface area contributed by atoms with Crippen LogP contribution in [0.3, 0.4) is 0 Å². The first-order chi connectivity index (χ1) is 12.3. The van der Waals surface area contributed by atoms with E-state index in [4.69, 9.17) is 0 Å². The number of ketones is 2. The largest absolute Gasteiger partial charge is 0.355 e. The number of Topliss-reactive ketones (excluding diaryl/α,β-unsaturated/α-hetero) is 2. The number of aryl methyl sites for hydroxylation is 1. The molecule has 0 aliphatic heterocycles. The number of aromatic nitrogens is 4. The van der Waals surface area contributed by atoms with E-state index >= 15 is 0 Å². The van der Waals surface area contributed by atoms with Crippen molar-refractivity contribution >= 4 is 34.7 Å². The van der Waals surface area contributed by atoms with Gasteiger partial charge in [-0.1, -0.05) is 17.8 Å². The molecule has 1 atom stereocenters. The van der Waals surface area contributed by atoms with Crippen molar-refractivity contribution in [3.8, 4) is 10.7 Å². The number of rotatable bonds is 6. The lowest BCUT2D eigenvalue weighted by Crippen LogP contribution is -2.16.